The van der Waals surface area contributed by atoms with Crippen LogP contribution in [0.25, 0.3) is 64.0 Å². The van der Waals surface area contributed by atoms with Gasteiger partial charge < -0.3 is 9.32 Å². The van der Waals surface area contributed by atoms with Gasteiger partial charge in [-0.2, -0.15) is 0 Å². The van der Waals surface area contributed by atoms with Crippen LogP contribution in [0.1, 0.15) is 0 Å². The molecule has 43 heavy (non-hydrogen) atoms. The smallest absolute Gasteiger partial charge is 0.143 e. The molecule has 0 spiro atoms. The molecule has 0 aliphatic rings. The Hall–Kier alpha value is -5.38. The van der Waals surface area contributed by atoms with Crippen LogP contribution in [-0.2, 0) is 0 Å². The molecule has 0 radical (unpaired) electrons. The number of fused-ring (bicyclic) bond motifs is 7. The Balaban J connectivity index is 1.37. The standard InChI is InChI=1S/C40H25NOS/c1-2-12-27-25-28(24-23-26(27)11-1)41(35-19-10-22-38-39(35)33-15-5-8-21-37(33)43-38)34-18-6-3-13-29(34)31-16-9-17-32-30-14-4-7-20-36(30)42-40(31)32/h1-25H. The number of hydrogen-bond donors (Lipinski definition) is 0. The molecule has 9 aromatic rings. The van der Waals surface area contributed by atoms with Crippen LogP contribution in [0.2, 0.25) is 0 Å². The van der Waals surface area contributed by atoms with Crippen molar-refractivity contribution in [2.24, 2.45) is 0 Å². The van der Waals surface area contributed by atoms with E-state index in [-0.39, 0.29) is 0 Å². The van der Waals surface area contributed by atoms with Crippen LogP contribution in [0.5, 0.6) is 0 Å². The van der Waals surface area contributed by atoms with Crippen molar-refractivity contribution in [3.8, 4) is 11.1 Å². The van der Waals surface area contributed by atoms with Crippen LogP contribution in [0.4, 0.5) is 17.1 Å². The second-order valence-corrected chi connectivity index (χ2v) is 12.0. The van der Waals surface area contributed by atoms with Crippen LogP contribution in [-0.4, -0.2) is 0 Å². The quantitative estimate of drug-likeness (QED) is 0.210. The molecule has 0 unspecified atom stereocenters. The molecule has 3 heteroatoms. The van der Waals surface area contributed by atoms with Gasteiger partial charge in [-0.25, -0.2) is 0 Å². The van der Waals surface area contributed by atoms with E-state index in [0.717, 1.165) is 50.1 Å². The predicted octanol–water partition coefficient (Wildman–Crippen LogP) is 12.2. The lowest BCUT2D eigenvalue weighted by molar-refractivity contribution is 0.670. The zero-order valence-electron chi connectivity index (χ0n) is 23.2. The third kappa shape index (κ3) is 3.79. The van der Waals surface area contributed by atoms with Gasteiger partial charge in [-0.05, 0) is 53.2 Å². The van der Waals surface area contributed by atoms with Crippen molar-refractivity contribution in [2.75, 3.05) is 4.90 Å². The summed E-state index contributed by atoms with van der Waals surface area (Å²) in [7, 11) is 0. The number of thiophene rings is 1. The number of rotatable bonds is 4. The van der Waals surface area contributed by atoms with E-state index >= 15 is 0 Å². The highest BCUT2D eigenvalue weighted by Gasteiger charge is 2.23. The molecule has 0 aliphatic carbocycles. The molecule has 0 bridgehead atoms. The molecule has 2 heterocycles. The van der Waals surface area contributed by atoms with Gasteiger partial charge in [-0.1, -0.05) is 109 Å². The van der Waals surface area contributed by atoms with Gasteiger partial charge in [0.1, 0.15) is 11.2 Å². The SMILES string of the molecule is c1ccc(N(c2ccc3ccccc3c2)c2cccc3sc4ccccc4c23)c(-c2cccc3c2oc2ccccc23)c1. The summed E-state index contributed by atoms with van der Waals surface area (Å²) in [5, 5.41) is 7.26. The Morgan fingerprint density at radius 1 is 0.465 bits per heavy atom. The summed E-state index contributed by atoms with van der Waals surface area (Å²) >= 11 is 1.85. The average molecular weight is 568 g/mol. The van der Waals surface area contributed by atoms with E-state index in [2.05, 4.69) is 150 Å². The maximum atomic E-state index is 6.54. The van der Waals surface area contributed by atoms with E-state index in [9.17, 15) is 0 Å². The highest BCUT2D eigenvalue weighted by atomic mass is 32.1. The first kappa shape index (κ1) is 24.2. The summed E-state index contributed by atoms with van der Waals surface area (Å²) in [6, 6.07) is 54.3. The van der Waals surface area contributed by atoms with Crippen LogP contribution < -0.4 is 4.90 Å². The van der Waals surface area contributed by atoms with Crippen molar-refractivity contribution in [1.29, 1.82) is 0 Å². The summed E-state index contributed by atoms with van der Waals surface area (Å²) in [6.45, 7) is 0. The van der Waals surface area contributed by atoms with Crippen molar-refractivity contribution in [3.63, 3.8) is 0 Å². The summed E-state index contributed by atoms with van der Waals surface area (Å²) < 4.78 is 9.11. The normalized spacial score (nSPS) is 11.7. The number of benzene rings is 7. The fourth-order valence-electron chi connectivity index (χ4n) is 6.52. The van der Waals surface area contributed by atoms with E-state index in [1.807, 2.05) is 17.4 Å². The first-order valence-corrected chi connectivity index (χ1v) is 15.3. The number of anilines is 3. The third-order valence-electron chi connectivity index (χ3n) is 8.45. The summed E-state index contributed by atoms with van der Waals surface area (Å²) in [4.78, 5) is 2.44. The third-order valence-corrected chi connectivity index (χ3v) is 9.59. The first-order valence-electron chi connectivity index (χ1n) is 14.5. The van der Waals surface area contributed by atoms with Crippen LogP contribution >= 0.6 is 11.3 Å². The van der Waals surface area contributed by atoms with Crippen molar-refractivity contribution >= 4 is 81.3 Å². The Labute approximate surface area is 252 Å². The highest BCUT2D eigenvalue weighted by molar-refractivity contribution is 7.26. The van der Waals surface area contributed by atoms with E-state index in [4.69, 9.17) is 4.42 Å². The van der Waals surface area contributed by atoms with Crippen LogP contribution in [0.15, 0.2) is 156 Å². The van der Waals surface area contributed by atoms with E-state index in [0.29, 0.717) is 0 Å². The first-order chi connectivity index (χ1) is 21.3. The molecule has 0 saturated heterocycles. The molecule has 0 saturated carbocycles. The number of nitrogens with zero attached hydrogens (tertiary/aromatic N) is 1. The zero-order valence-corrected chi connectivity index (χ0v) is 24.0. The van der Waals surface area contributed by atoms with Crippen molar-refractivity contribution < 1.29 is 4.42 Å². The number of furan rings is 1. The molecule has 2 nitrogen and oxygen atoms in total. The van der Waals surface area contributed by atoms with Gasteiger partial charge in [0.25, 0.3) is 0 Å². The molecule has 2 aromatic heterocycles. The number of para-hydroxylation sites is 3. The molecular weight excluding hydrogens is 543 g/mol. The molecular formula is C40H25NOS. The van der Waals surface area contributed by atoms with Gasteiger partial charge in [0.2, 0.25) is 0 Å². The lowest BCUT2D eigenvalue weighted by atomic mass is 9.98. The van der Waals surface area contributed by atoms with Gasteiger partial charge in [0, 0.05) is 47.8 Å². The molecule has 0 amide bonds. The monoisotopic (exact) mass is 567 g/mol. The summed E-state index contributed by atoms with van der Waals surface area (Å²) in [5.74, 6) is 0. The van der Waals surface area contributed by atoms with E-state index in [1.54, 1.807) is 0 Å². The minimum atomic E-state index is 0.906. The van der Waals surface area contributed by atoms with Gasteiger partial charge in [0.05, 0.1) is 11.4 Å². The second kappa shape index (κ2) is 9.59. The largest absolute Gasteiger partial charge is 0.455 e. The topological polar surface area (TPSA) is 16.4 Å². The molecule has 9 rings (SSSR count). The Morgan fingerprint density at radius 3 is 2.09 bits per heavy atom. The zero-order chi connectivity index (χ0) is 28.3. The van der Waals surface area contributed by atoms with Gasteiger partial charge in [-0.3, -0.25) is 0 Å². The highest BCUT2D eigenvalue weighted by Crippen LogP contribution is 2.48. The second-order valence-electron chi connectivity index (χ2n) is 10.9. The Morgan fingerprint density at radius 2 is 1.14 bits per heavy atom. The molecule has 0 fully saturated rings. The lowest BCUT2D eigenvalue weighted by Crippen LogP contribution is -2.11. The molecule has 0 N–H and O–H groups in total. The summed E-state index contributed by atoms with van der Waals surface area (Å²) in [6.07, 6.45) is 0. The van der Waals surface area contributed by atoms with Crippen LogP contribution in [0.3, 0.4) is 0 Å². The van der Waals surface area contributed by atoms with Crippen molar-refractivity contribution in [2.45, 2.75) is 0 Å². The van der Waals surface area contributed by atoms with E-state index in [1.165, 1.54) is 30.9 Å². The molecule has 202 valence electrons. The van der Waals surface area contributed by atoms with Gasteiger partial charge in [0.15, 0.2) is 0 Å². The minimum Gasteiger partial charge on any atom is -0.455 e. The fourth-order valence-corrected chi connectivity index (χ4v) is 7.65. The van der Waals surface area contributed by atoms with Crippen LogP contribution in [0, 0.1) is 0 Å². The Bertz CT molecular complexity index is 2480. The average Bonchev–Trinajstić information content (AvgIpc) is 3.64. The van der Waals surface area contributed by atoms with Gasteiger partial charge >= 0.3 is 0 Å². The maximum Gasteiger partial charge on any atom is 0.143 e. The van der Waals surface area contributed by atoms with Crippen molar-refractivity contribution in [3.05, 3.63) is 152 Å². The molecule has 7 aromatic carbocycles. The number of hydrogen-bond acceptors (Lipinski definition) is 3. The fraction of sp³-hybridized carbons (Fsp3) is 0. The lowest BCUT2D eigenvalue weighted by Gasteiger charge is -2.29. The van der Waals surface area contributed by atoms with Crippen molar-refractivity contribution in [1.82, 2.24) is 0 Å². The summed E-state index contributed by atoms with van der Waals surface area (Å²) in [5.41, 5.74) is 7.40. The predicted molar refractivity (Wildman–Crippen MR) is 184 cm³/mol. The molecule has 0 atom stereocenters. The maximum absolute atomic E-state index is 6.54. The van der Waals surface area contributed by atoms with E-state index < -0.39 is 0 Å². The molecule has 0 aliphatic heterocycles. The Kier molecular flexibility index (Phi) is 5.40. The van der Waals surface area contributed by atoms with Gasteiger partial charge in [-0.15, -0.1) is 11.3 Å². The minimum absolute atomic E-state index is 0.906.